The highest BCUT2D eigenvalue weighted by Gasteiger charge is 2.16. The van der Waals surface area contributed by atoms with Crippen molar-refractivity contribution in [1.29, 1.82) is 0 Å². The number of benzene rings is 1. The van der Waals surface area contributed by atoms with Gasteiger partial charge in [0.1, 0.15) is 0 Å². The van der Waals surface area contributed by atoms with E-state index in [2.05, 4.69) is 25.5 Å². The van der Waals surface area contributed by atoms with Crippen LogP contribution in [0.15, 0.2) is 24.3 Å². The van der Waals surface area contributed by atoms with E-state index in [1.807, 2.05) is 13.0 Å². The predicted molar refractivity (Wildman–Crippen MR) is 98.2 cm³/mol. The molecule has 0 aliphatic carbocycles. The molecular weight excluding hydrogens is 350 g/mol. The Hall–Kier alpha value is -3.07. The minimum absolute atomic E-state index is 0.198. The molecule has 9 heteroatoms. The lowest BCUT2D eigenvalue weighted by molar-refractivity contribution is 0.122. The van der Waals surface area contributed by atoms with Crippen LogP contribution in [0, 0.1) is 6.92 Å². The second-order valence-corrected chi connectivity index (χ2v) is 6.28. The van der Waals surface area contributed by atoms with Crippen LogP contribution in [-0.2, 0) is 11.3 Å². The van der Waals surface area contributed by atoms with Crippen molar-refractivity contribution >= 4 is 17.7 Å². The van der Waals surface area contributed by atoms with Crippen molar-refractivity contribution in [3.63, 3.8) is 0 Å². The van der Waals surface area contributed by atoms with Crippen LogP contribution in [0.4, 0.5) is 16.4 Å². The number of hydrogen-bond acceptors (Lipinski definition) is 7. The van der Waals surface area contributed by atoms with E-state index in [0.717, 1.165) is 24.5 Å². The standard InChI is InChI=1S/C18H21N5O4/c1-12-8-14(21-17(20-12)23-4-6-25-7-5-23)10-19-18(24)22-13-2-3-15-16(9-13)27-11-26-15/h2-3,8-9H,4-7,10-11H2,1H3,(H2,19,22,24). The molecule has 0 radical (unpaired) electrons. The van der Waals surface area contributed by atoms with E-state index in [9.17, 15) is 4.79 Å². The molecule has 1 saturated heterocycles. The zero-order chi connectivity index (χ0) is 18.6. The lowest BCUT2D eigenvalue weighted by Gasteiger charge is -2.27. The molecule has 9 nitrogen and oxygen atoms in total. The number of aryl methyl sites for hydroxylation is 1. The molecule has 0 atom stereocenters. The monoisotopic (exact) mass is 371 g/mol. The maximum Gasteiger partial charge on any atom is 0.319 e. The molecule has 2 aliphatic heterocycles. The van der Waals surface area contributed by atoms with Gasteiger partial charge in [0.05, 0.1) is 25.5 Å². The van der Waals surface area contributed by atoms with E-state index < -0.39 is 0 Å². The molecular formula is C18H21N5O4. The molecule has 27 heavy (non-hydrogen) atoms. The van der Waals surface area contributed by atoms with Crippen molar-refractivity contribution in [3.8, 4) is 11.5 Å². The fraction of sp³-hybridized carbons (Fsp3) is 0.389. The van der Waals surface area contributed by atoms with Crippen molar-refractivity contribution in [2.45, 2.75) is 13.5 Å². The van der Waals surface area contributed by atoms with Crippen LogP contribution >= 0.6 is 0 Å². The van der Waals surface area contributed by atoms with Gasteiger partial charge < -0.3 is 29.7 Å². The third-order valence-corrected chi connectivity index (χ3v) is 4.25. The minimum atomic E-state index is -0.321. The predicted octanol–water partition coefficient (Wildman–Crippen LogP) is 1.67. The highest BCUT2D eigenvalue weighted by atomic mass is 16.7. The Morgan fingerprint density at radius 3 is 2.81 bits per heavy atom. The van der Waals surface area contributed by atoms with Gasteiger partial charge >= 0.3 is 6.03 Å². The topological polar surface area (TPSA) is 97.8 Å². The maximum atomic E-state index is 12.2. The summed E-state index contributed by atoms with van der Waals surface area (Å²) in [6, 6.07) is 6.80. The number of amides is 2. The number of nitrogens with zero attached hydrogens (tertiary/aromatic N) is 3. The Balaban J connectivity index is 1.36. The molecule has 142 valence electrons. The second-order valence-electron chi connectivity index (χ2n) is 6.28. The summed E-state index contributed by atoms with van der Waals surface area (Å²) in [6.07, 6.45) is 0. The van der Waals surface area contributed by atoms with Gasteiger partial charge in [-0.05, 0) is 25.1 Å². The van der Waals surface area contributed by atoms with Crippen LogP contribution in [0.2, 0.25) is 0 Å². The first-order valence-corrected chi connectivity index (χ1v) is 8.79. The SMILES string of the molecule is Cc1cc(CNC(=O)Nc2ccc3c(c2)OCO3)nc(N2CCOCC2)n1. The number of carbonyl (C=O) groups is 1. The van der Waals surface area contributed by atoms with Gasteiger partial charge in [-0.2, -0.15) is 0 Å². The maximum absolute atomic E-state index is 12.2. The largest absolute Gasteiger partial charge is 0.454 e. The van der Waals surface area contributed by atoms with E-state index in [-0.39, 0.29) is 12.8 Å². The molecule has 3 heterocycles. The smallest absolute Gasteiger partial charge is 0.319 e. The van der Waals surface area contributed by atoms with Crippen molar-refractivity contribution in [3.05, 3.63) is 35.7 Å². The normalized spacial score (nSPS) is 15.5. The zero-order valence-electron chi connectivity index (χ0n) is 15.0. The number of rotatable bonds is 4. The van der Waals surface area contributed by atoms with Gasteiger partial charge in [-0.25, -0.2) is 14.8 Å². The second kappa shape index (κ2) is 7.67. The van der Waals surface area contributed by atoms with Gasteiger partial charge in [0, 0.05) is 30.5 Å². The number of urea groups is 1. The first-order chi connectivity index (χ1) is 13.2. The van der Waals surface area contributed by atoms with E-state index in [4.69, 9.17) is 14.2 Å². The number of nitrogens with one attached hydrogen (secondary N) is 2. The molecule has 2 aromatic rings. The van der Waals surface area contributed by atoms with Gasteiger partial charge in [-0.3, -0.25) is 0 Å². The summed E-state index contributed by atoms with van der Waals surface area (Å²) in [6.45, 7) is 5.29. The van der Waals surface area contributed by atoms with Crippen molar-refractivity contribution < 1.29 is 19.0 Å². The van der Waals surface area contributed by atoms with E-state index in [1.165, 1.54) is 0 Å². The lowest BCUT2D eigenvalue weighted by Crippen LogP contribution is -2.37. The Morgan fingerprint density at radius 1 is 1.15 bits per heavy atom. The van der Waals surface area contributed by atoms with Gasteiger partial charge in [-0.15, -0.1) is 0 Å². The van der Waals surface area contributed by atoms with Crippen LogP contribution in [0.25, 0.3) is 0 Å². The highest BCUT2D eigenvalue weighted by Crippen LogP contribution is 2.34. The molecule has 1 fully saturated rings. The summed E-state index contributed by atoms with van der Waals surface area (Å²) in [5.74, 6) is 1.97. The average molecular weight is 371 g/mol. The lowest BCUT2D eigenvalue weighted by atomic mass is 10.3. The summed E-state index contributed by atoms with van der Waals surface area (Å²) < 4.78 is 15.9. The summed E-state index contributed by atoms with van der Waals surface area (Å²) in [5, 5.41) is 5.60. The van der Waals surface area contributed by atoms with Crippen LogP contribution in [0.3, 0.4) is 0 Å². The van der Waals surface area contributed by atoms with Crippen molar-refractivity contribution in [2.75, 3.05) is 43.3 Å². The van der Waals surface area contributed by atoms with Crippen LogP contribution in [0.1, 0.15) is 11.4 Å². The van der Waals surface area contributed by atoms with E-state index >= 15 is 0 Å². The quantitative estimate of drug-likeness (QED) is 0.844. The molecule has 4 rings (SSSR count). The molecule has 2 N–H and O–H groups in total. The Kier molecular flexibility index (Phi) is 4.93. The van der Waals surface area contributed by atoms with Gasteiger partial charge in [-0.1, -0.05) is 0 Å². The summed E-state index contributed by atoms with van der Waals surface area (Å²) in [4.78, 5) is 23.3. The highest BCUT2D eigenvalue weighted by molar-refractivity contribution is 5.89. The minimum Gasteiger partial charge on any atom is -0.454 e. The number of hydrogen-bond donors (Lipinski definition) is 2. The Bertz CT molecular complexity index is 838. The number of anilines is 2. The summed E-state index contributed by atoms with van der Waals surface area (Å²) in [7, 11) is 0. The molecule has 0 spiro atoms. The molecule has 1 aromatic carbocycles. The van der Waals surface area contributed by atoms with Crippen LogP contribution in [0.5, 0.6) is 11.5 Å². The third-order valence-electron chi connectivity index (χ3n) is 4.25. The number of fused-ring (bicyclic) bond motifs is 1. The van der Waals surface area contributed by atoms with Gasteiger partial charge in [0.25, 0.3) is 0 Å². The number of aromatic nitrogens is 2. The Labute approximate surface area is 156 Å². The van der Waals surface area contributed by atoms with Crippen molar-refractivity contribution in [1.82, 2.24) is 15.3 Å². The summed E-state index contributed by atoms with van der Waals surface area (Å²) in [5.41, 5.74) is 2.24. The molecule has 0 bridgehead atoms. The molecule has 1 aromatic heterocycles. The van der Waals surface area contributed by atoms with Gasteiger partial charge in [0.15, 0.2) is 11.5 Å². The van der Waals surface area contributed by atoms with Gasteiger partial charge in [0.2, 0.25) is 12.7 Å². The van der Waals surface area contributed by atoms with Crippen LogP contribution < -0.4 is 25.0 Å². The van der Waals surface area contributed by atoms with Crippen LogP contribution in [-0.4, -0.2) is 49.1 Å². The van der Waals surface area contributed by atoms with E-state index in [0.29, 0.717) is 42.9 Å². The number of morpholine rings is 1. The number of ether oxygens (including phenoxy) is 3. The molecule has 0 unspecified atom stereocenters. The first kappa shape index (κ1) is 17.3. The van der Waals surface area contributed by atoms with E-state index in [1.54, 1.807) is 18.2 Å². The number of carbonyl (C=O) groups excluding carboxylic acids is 1. The zero-order valence-corrected chi connectivity index (χ0v) is 15.0. The molecule has 0 saturated carbocycles. The summed E-state index contributed by atoms with van der Waals surface area (Å²) >= 11 is 0. The molecule has 2 aliphatic rings. The first-order valence-electron chi connectivity index (χ1n) is 8.79. The average Bonchev–Trinajstić information content (AvgIpc) is 3.14. The third kappa shape index (κ3) is 4.20. The molecule has 2 amide bonds. The Morgan fingerprint density at radius 2 is 1.96 bits per heavy atom. The fourth-order valence-electron chi connectivity index (χ4n) is 2.93. The van der Waals surface area contributed by atoms with Crippen molar-refractivity contribution in [2.24, 2.45) is 0 Å². The fourth-order valence-corrected chi connectivity index (χ4v) is 2.93.